The molecule has 3 rings (SSSR count). The SMILES string of the molecule is CC(Nc1ccc(NC(=O)Cc2ccc(F)cc2)cn1)c1ccccc1. The summed E-state index contributed by atoms with van der Waals surface area (Å²) in [6, 6.07) is 19.8. The topological polar surface area (TPSA) is 54.0 Å². The largest absolute Gasteiger partial charge is 0.364 e. The van der Waals surface area contributed by atoms with Gasteiger partial charge in [-0.05, 0) is 42.3 Å². The monoisotopic (exact) mass is 349 g/mol. The number of hydrogen-bond donors (Lipinski definition) is 2. The Morgan fingerprint density at radius 2 is 1.77 bits per heavy atom. The molecular weight excluding hydrogens is 329 g/mol. The summed E-state index contributed by atoms with van der Waals surface area (Å²) in [7, 11) is 0. The highest BCUT2D eigenvalue weighted by atomic mass is 19.1. The van der Waals surface area contributed by atoms with E-state index in [1.807, 2.05) is 24.3 Å². The van der Waals surface area contributed by atoms with Crippen LogP contribution in [0.1, 0.15) is 24.1 Å². The molecule has 26 heavy (non-hydrogen) atoms. The van der Waals surface area contributed by atoms with E-state index >= 15 is 0 Å². The van der Waals surface area contributed by atoms with Gasteiger partial charge in [-0.1, -0.05) is 42.5 Å². The van der Waals surface area contributed by atoms with Crippen LogP contribution in [0.15, 0.2) is 72.9 Å². The van der Waals surface area contributed by atoms with Gasteiger partial charge in [-0.3, -0.25) is 4.79 Å². The number of nitrogens with zero attached hydrogens (tertiary/aromatic N) is 1. The first kappa shape index (κ1) is 17.6. The Balaban J connectivity index is 1.55. The molecular formula is C21H20FN3O. The molecule has 1 atom stereocenters. The number of halogens is 1. The van der Waals surface area contributed by atoms with E-state index in [1.54, 1.807) is 24.4 Å². The van der Waals surface area contributed by atoms with Crippen LogP contribution in [0.5, 0.6) is 0 Å². The van der Waals surface area contributed by atoms with E-state index in [1.165, 1.54) is 17.7 Å². The maximum absolute atomic E-state index is 12.9. The van der Waals surface area contributed by atoms with Crippen molar-refractivity contribution < 1.29 is 9.18 Å². The molecule has 0 aliphatic heterocycles. The standard InChI is InChI=1S/C21H20FN3O/c1-15(17-5-3-2-4-6-17)24-20-12-11-19(14-23-20)25-21(26)13-16-7-9-18(22)10-8-16/h2-12,14-15H,13H2,1H3,(H,23,24)(H,25,26). The highest BCUT2D eigenvalue weighted by Crippen LogP contribution is 2.18. The molecule has 0 fully saturated rings. The van der Waals surface area contributed by atoms with Crippen molar-refractivity contribution in [2.24, 2.45) is 0 Å². The van der Waals surface area contributed by atoms with E-state index in [0.29, 0.717) is 5.69 Å². The quantitative estimate of drug-likeness (QED) is 0.685. The van der Waals surface area contributed by atoms with E-state index in [0.717, 1.165) is 11.4 Å². The van der Waals surface area contributed by atoms with Crippen LogP contribution in [-0.4, -0.2) is 10.9 Å². The van der Waals surface area contributed by atoms with E-state index in [2.05, 4.69) is 34.7 Å². The third kappa shape index (κ3) is 4.89. The van der Waals surface area contributed by atoms with Crippen molar-refractivity contribution in [3.05, 3.63) is 89.9 Å². The van der Waals surface area contributed by atoms with E-state index in [4.69, 9.17) is 0 Å². The minimum Gasteiger partial charge on any atom is -0.364 e. The zero-order valence-corrected chi connectivity index (χ0v) is 14.4. The Morgan fingerprint density at radius 3 is 2.42 bits per heavy atom. The Labute approximate surface area is 152 Å². The van der Waals surface area contributed by atoms with Crippen LogP contribution in [0.4, 0.5) is 15.9 Å². The molecule has 1 amide bonds. The normalized spacial score (nSPS) is 11.6. The van der Waals surface area contributed by atoms with Gasteiger partial charge in [0.1, 0.15) is 11.6 Å². The molecule has 0 radical (unpaired) electrons. The lowest BCUT2D eigenvalue weighted by atomic mass is 10.1. The van der Waals surface area contributed by atoms with Gasteiger partial charge in [0, 0.05) is 6.04 Å². The first-order chi connectivity index (χ1) is 12.6. The molecule has 1 aromatic heterocycles. The van der Waals surface area contributed by atoms with E-state index in [9.17, 15) is 9.18 Å². The molecule has 3 aromatic rings. The highest BCUT2D eigenvalue weighted by molar-refractivity contribution is 5.92. The zero-order valence-electron chi connectivity index (χ0n) is 14.4. The maximum Gasteiger partial charge on any atom is 0.228 e. The van der Waals surface area contributed by atoms with Crippen molar-refractivity contribution in [1.82, 2.24) is 4.98 Å². The fourth-order valence-corrected chi connectivity index (χ4v) is 2.59. The number of pyridine rings is 1. The van der Waals surface area contributed by atoms with Crippen molar-refractivity contribution in [1.29, 1.82) is 0 Å². The van der Waals surface area contributed by atoms with E-state index < -0.39 is 0 Å². The number of anilines is 2. The minimum atomic E-state index is -0.314. The summed E-state index contributed by atoms with van der Waals surface area (Å²) in [5.74, 6) is 0.251. The van der Waals surface area contributed by atoms with Crippen LogP contribution >= 0.6 is 0 Å². The lowest BCUT2D eigenvalue weighted by molar-refractivity contribution is -0.115. The smallest absolute Gasteiger partial charge is 0.228 e. The molecule has 0 spiro atoms. The number of amides is 1. The lowest BCUT2D eigenvalue weighted by Gasteiger charge is -2.15. The fraction of sp³-hybridized carbons (Fsp3) is 0.143. The fourth-order valence-electron chi connectivity index (χ4n) is 2.59. The summed E-state index contributed by atoms with van der Waals surface area (Å²) in [4.78, 5) is 16.4. The zero-order chi connectivity index (χ0) is 18.4. The van der Waals surface area contributed by atoms with Crippen LogP contribution < -0.4 is 10.6 Å². The minimum absolute atomic E-state index is 0.127. The second-order valence-corrected chi connectivity index (χ2v) is 6.06. The Bertz CT molecular complexity index is 849. The first-order valence-corrected chi connectivity index (χ1v) is 8.42. The van der Waals surface area contributed by atoms with Crippen LogP contribution in [0.3, 0.4) is 0 Å². The van der Waals surface area contributed by atoms with Crippen LogP contribution in [0, 0.1) is 5.82 Å². The van der Waals surface area contributed by atoms with Gasteiger partial charge in [0.15, 0.2) is 0 Å². The molecule has 4 nitrogen and oxygen atoms in total. The number of carbonyl (C=O) groups excluding carboxylic acids is 1. The summed E-state index contributed by atoms with van der Waals surface area (Å²) in [6.07, 6.45) is 1.80. The lowest BCUT2D eigenvalue weighted by Crippen LogP contribution is -2.15. The van der Waals surface area contributed by atoms with Crippen molar-refractivity contribution in [3.8, 4) is 0 Å². The molecule has 1 heterocycles. The predicted molar refractivity (Wildman–Crippen MR) is 101 cm³/mol. The summed E-state index contributed by atoms with van der Waals surface area (Å²) >= 11 is 0. The van der Waals surface area contributed by atoms with Gasteiger partial charge in [-0.2, -0.15) is 0 Å². The van der Waals surface area contributed by atoms with Crippen LogP contribution in [-0.2, 0) is 11.2 Å². The number of nitrogens with one attached hydrogen (secondary N) is 2. The van der Waals surface area contributed by atoms with Crippen molar-refractivity contribution in [2.75, 3.05) is 10.6 Å². The molecule has 132 valence electrons. The number of aromatic nitrogens is 1. The van der Waals surface area contributed by atoms with Gasteiger partial charge in [0.05, 0.1) is 18.3 Å². The maximum atomic E-state index is 12.9. The molecule has 0 saturated heterocycles. The Kier molecular flexibility index (Phi) is 5.59. The average molecular weight is 349 g/mol. The van der Waals surface area contributed by atoms with Crippen molar-refractivity contribution in [3.63, 3.8) is 0 Å². The second-order valence-electron chi connectivity index (χ2n) is 6.06. The predicted octanol–water partition coefficient (Wildman–Crippen LogP) is 4.58. The van der Waals surface area contributed by atoms with E-state index in [-0.39, 0.29) is 24.2 Å². The molecule has 0 saturated carbocycles. The second kappa shape index (κ2) is 8.25. The Morgan fingerprint density at radius 1 is 1.04 bits per heavy atom. The van der Waals surface area contributed by atoms with Crippen molar-refractivity contribution in [2.45, 2.75) is 19.4 Å². The third-order valence-corrected chi connectivity index (χ3v) is 3.99. The summed E-state index contributed by atoms with van der Waals surface area (Å²) in [6.45, 7) is 2.06. The summed E-state index contributed by atoms with van der Waals surface area (Å²) < 4.78 is 12.9. The van der Waals surface area contributed by atoms with Gasteiger partial charge in [-0.25, -0.2) is 9.37 Å². The van der Waals surface area contributed by atoms with Crippen LogP contribution in [0.2, 0.25) is 0 Å². The van der Waals surface area contributed by atoms with Gasteiger partial charge in [0.25, 0.3) is 0 Å². The molecule has 5 heteroatoms. The highest BCUT2D eigenvalue weighted by Gasteiger charge is 2.07. The first-order valence-electron chi connectivity index (χ1n) is 8.42. The molecule has 1 unspecified atom stereocenters. The summed E-state index contributed by atoms with van der Waals surface area (Å²) in [5.41, 5.74) is 2.55. The third-order valence-electron chi connectivity index (χ3n) is 3.99. The van der Waals surface area contributed by atoms with Gasteiger partial charge >= 0.3 is 0 Å². The number of carbonyl (C=O) groups is 1. The number of hydrogen-bond acceptors (Lipinski definition) is 3. The van der Waals surface area contributed by atoms with Crippen LogP contribution in [0.25, 0.3) is 0 Å². The molecule has 2 N–H and O–H groups in total. The molecule has 0 aliphatic rings. The van der Waals surface area contributed by atoms with Crippen molar-refractivity contribution >= 4 is 17.4 Å². The van der Waals surface area contributed by atoms with Gasteiger partial charge in [-0.15, -0.1) is 0 Å². The molecule has 2 aromatic carbocycles. The Hall–Kier alpha value is -3.21. The van der Waals surface area contributed by atoms with Gasteiger partial charge in [0.2, 0.25) is 5.91 Å². The number of rotatable bonds is 6. The summed E-state index contributed by atoms with van der Waals surface area (Å²) in [5, 5.41) is 6.12. The number of benzene rings is 2. The molecule has 0 aliphatic carbocycles. The molecule has 0 bridgehead atoms. The average Bonchev–Trinajstić information content (AvgIpc) is 2.66. The van der Waals surface area contributed by atoms with Gasteiger partial charge < -0.3 is 10.6 Å².